The zero-order chi connectivity index (χ0) is 9.68. The molecule has 0 aliphatic carbocycles. The molecule has 0 aromatic heterocycles. The second-order valence-corrected chi connectivity index (χ2v) is 3.50. The lowest BCUT2D eigenvalue weighted by Gasteiger charge is -2.02. The molecule has 0 spiro atoms. The summed E-state index contributed by atoms with van der Waals surface area (Å²) in [6, 6.07) is 7.41. The summed E-state index contributed by atoms with van der Waals surface area (Å²) in [5.41, 5.74) is 0.722. The third-order valence-electron chi connectivity index (χ3n) is 1.71. The van der Waals surface area contributed by atoms with Crippen molar-refractivity contribution in [1.82, 2.24) is 0 Å². The summed E-state index contributed by atoms with van der Waals surface area (Å²) in [5.74, 6) is 0.106. The van der Waals surface area contributed by atoms with Crippen LogP contribution >= 0.6 is 15.9 Å². The van der Waals surface area contributed by atoms with Crippen LogP contribution in [0.5, 0.6) is 0 Å². The first-order valence-electron chi connectivity index (χ1n) is 4.02. The number of carbonyl (C=O) groups is 1. The fourth-order valence-corrected chi connectivity index (χ4v) is 1.52. The first-order chi connectivity index (χ1) is 6.25. The summed E-state index contributed by atoms with van der Waals surface area (Å²) < 4.78 is 5.68. The Hall–Kier alpha value is -0.670. The molecule has 13 heavy (non-hydrogen) atoms. The van der Waals surface area contributed by atoms with Crippen molar-refractivity contribution in [3.05, 3.63) is 34.3 Å². The van der Waals surface area contributed by atoms with Crippen LogP contribution in [0.15, 0.2) is 28.7 Å². The number of rotatable bonds is 4. The lowest BCUT2D eigenvalue weighted by molar-refractivity contribution is 0.0931. The minimum Gasteiger partial charge on any atom is -0.384 e. The van der Waals surface area contributed by atoms with Crippen molar-refractivity contribution in [1.29, 1.82) is 0 Å². The molecule has 0 aliphatic rings. The van der Waals surface area contributed by atoms with E-state index in [4.69, 9.17) is 4.74 Å². The first-order valence-corrected chi connectivity index (χ1v) is 4.81. The van der Waals surface area contributed by atoms with Crippen molar-refractivity contribution in [2.75, 3.05) is 13.7 Å². The van der Waals surface area contributed by atoms with E-state index in [1.165, 1.54) is 0 Å². The molecule has 0 unspecified atom stereocenters. The minimum absolute atomic E-state index is 0.106. The van der Waals surface area contributed by atoms with E-state index in [2.05, 4.69) is 15.9 Å². The van der Waals surface area contributed by atoms with Gasteiger partial charge in [0, 0.05) is 23.6 Å². The van der Waals surface area contributed by atoms with Crippen LogP contribution in [0.1, 0.15) is 16.8 Å². The van der Waals surface area contributed by atoms with E-state index in [0.717, 1.165) is 10.0 Å². The molecule has 0 heterocycles. The average molecular weight is 243 g/mol. The zero-order valence-corrected chi connectivity index (χ0v) is 9.00. The van der Waals surface area contributed by atoms with Gasteiger partial charge in [-0.1, -0.05) is 34.1 Å². The smallest absolute Gasteiger partial charge is 0.166 e. The number of Topliss-reactive ketones (excluding diaryl/α,β-unsaturated/α-hetero) is 1. The van der Waals surface area contributed by atoms with E-state index in [-0.39, 0.29) is 5.78 Å². The van der Waals surface area contributed by atoms with E-state index in [1.807, 2.05) is 24.3 Å². The van der Waals surface area contributed by atoms with Crippen molar-refractivity contribution in [2.24, 2.45) is 0 Å². The number of methoxy groups -OCH3 is 1. The van der Waals surface area contributed by atoms with Crippen LogP contribution < -0.4 is 0 Å². The quantitative estimate of drug-likeness (QED) is 0.760. The fraction of sp³-hybridized carbons (Fsp3) is 0.300. The molecule has 0 aliphatic heterocycles. The van der Waals surface area contributed by atoms with Gasteiger partial charge in [0.2, 0.25) is 0 Å². The van der Waals surface area contributed by atoms with Gasteiger partial charge >= 0.3 is 0 Å². The molecular formula is C10H11BrO2. The molecule has 0 atom stereocenters. The molecule has 0 radical (unpaired) electrons. The molecule has 70 valence electrons. The summed E-state index contributed by atoms with van der Waals surface area (Å²) in [6.07, 6.45) is 0.430. The number of hydrogen-bond acceptors (Lipinski definition) is 2. The molecule has 0 bridgehead atoms. The number of ether oxygens (including phenoxy) is 1. The van der Waals surface area contributed by atoms with Crippen molar-refractivity contribution < 1.29 is 9.53 Å². The van der Waals surface area contributed by atoms with E-state index in [0.29, 0.717) is 13.0 Å². The lowest BCUT2D eigenvalue weighted by Crippen LogP contribution is -2.03. The molecule has 0 N–H and O–H groups in total. The predicted molar refractivity (Wildman–Crippen MR) is 55.0 cm³/mol. The molecule has 2 nitrogen and oxygen atoms in total. The van der Waals surface area contributed by atoms with Gasteiger partial charge < -0.3 is 4.74 Å². The minimum atomic E-state index is 0.106. The normalized spacial score (nSPS) is 10.0. The summed E-state index contributed by atoms with van der Waals surface area (Å²) >= 11 is 3.33. The number of hydrogen-bond donors (Lipinski definition) is 0. The fourth-order valence-electron chi connectivity index (χ4n) is 1.02. The molecule has 1 rings (SSSR count). The van der Waals surface area contributed by atoms with Crippen LogP contribution in [0.3, 0.4) is 0 Å². The monoisotopic (exact) mass is 242 g/mol. The second-order valence-electron chi connectivity index (χ2n) is 2.65. The second kappa shape index (κ2) is 5.14. The summed E-state index contributed by atoms with van der Waals surface area (Å²) in [7, 11) is 1.59. The van der Waals surface area contributed by atoms with Crippen LogP contribution in [0.4, 0.5) is 0 Å². The lowest BCUT2D eigenvalue weighted by atomic mass is 10.1. The molecule has 0 saturated heterocycles. The number of ketones is 1. The highest BCUT2D eigenvalue weighted by Gasteiger charge is 2.07. The standard InChI is InChI=1S/C10H11BrO2/c1-13-7-6-10(12)8-4-2-3-5-9(8)11/h2-5H,6-7H2,1H3. The Morgan fingerprint density at radius 3 is 2.77 bits per heavy atom. The van der Waals surface area contributed by atoms with Crippen LogP contribution in [0.25, 0.3) is 0 Å². The number of carbonyl (C=O) groups excluding carboxylic acids is 1. The maximum absolute atomic E-state index is 11.5. The van der Waals surface area contributed by atoms with Gasteiger partial charge in [0.25, 0.3) is 0 Å². The molecule has 3 heteroatoms. The Morgan fingerprint density at radius 2 is 2.15 bits per heavy atom. The van der Waals surface area contributed by atoms with Crippen LogP contribution in [-0.2, 0) is 4.74 Å². The Kier molecular flexibility index (Phi) is 4.12. The van der Waals surface area contributed by atoms with Crippen molar-refractivity contribution in [3.8, 4) is 0 Å². The Bertz CT molecular complexity index is 297. The molecule has 0 saturated carbocycles. The SMILES string of the molecule is COCCC(=O)c1ccccc1Br. The molecule has 0 fully saturated rings. The Morgan fingerprint density at radius 1 is 1.46 bits per heavy atom. The van der Waals surface area contributed by atoms with E-state index >= 15 is 0 Å². The van der Waals surface area contributed by atoms with Gasteiger partial charge in [-0.25, -0.2) is 0 Å². The zero-order valence-electron chi connectivity index (χ0n) is 7.42. The van der Waals surface area contributed by atoms with E-state index in [9.17, 15) is 4.79 Å². The highest BCUT2D eigenvalue weighted by Crippen LogP contribution is 2.17. The van der Waals surface area contributed by atoms with Gasteiger partial charge in [-0.05, 0) is 6.07 Å². The van der Waals surface area contributed by atoms with Gasteiger partial charge in [0.1, 0.15) is 0 Å². The third-order valence-corrected chi connectivity index (χ3v) is 2.40. The maximum atomic E-state index is 11.5. The third kappa shape index (κ3) is 2.94. The van der Waals surface area contributed by atoms with E-state index in [1.54, 1.807) is 7.11 Å². The summed E-state index contributed by atoms with van der Waals surface area (Å²) in [6.45, 7) is 0.472. The van der Waals surface area contributed by atoms with Crippen molar-refractivity contribution in [3.63, 3.8) is 0 Å². The highest BCUT2D eigenvalue weighted by atomic mass is 79.9. The average Bonchev–Trinajstić information content (AvgIpc) is 2.15. The van der Waals surface area contributed by atoms with Gasteiger partial charge in [0.05, 0.1) is 6.61 Å². The highest BCUT2D eigenvalue weighted by molar-refractivity contribution is 9.10. The first kappa shape index (κ1) is 10.4. The topological polar surface area (TPSA) is 26.3 Å². The molecular weight excluding hydrogens is 232 g/mol. The summed E-state index contributed by atoms with van der Waals surface area (Å²) in [5, 5.41) is 0. The number of halogens is 1. The van der Waals surface area contributed by atoms with Gasteiger partial charge in [-0.15, -0.1) is 0 Å². The molecule has 1 aromatic rings. The van der Waals surface area contributed by atoms with Gasteiger partial charge in [-0.2, -0.15) is 0 Å². The predicted octanol–water partition coefficient (Wildman–Crippen LogP) is 2.67. The van der Waals surface area contributed by atoms with Gasteiger partial charge in [-0.3, -0.25) is 4.79 Å². The largest absolute Gasteiger partial charge is 0.384 e. The Balaban J connectivity index is 2.71. The molecule has 0 amide bonds. The maximum Gasteiger partial charge on any atom is 0.166 e. The van der Waals surface area contributed by atoms with Crippen LogP contribution in [-0.4, -0.2) is 19.5 Å². The molecule has 1 aromatic carbocycles. The Labute approximate surface area is 86.0 Å². The summed E-state index contributed by atoms with van der Waals surface area (Å²) in [4.78, 5) is 11.5. The van der Waals surface area contributed by atoms with Crippen LogP contribution in [0.2, 0.25) is 0 Å². The van der Waals surface area contributed by atoms with Crippen molar-refractivity contribution in [2.45, 2.75) is 6.42 Å². The number of benzene rings is 1. The van der Waals surface area contributed by atoms with Crippen molar-refractivity contribution >= 4 is 21.7 Å². The van der Waals surface area contributed by atoms with E-state index < -0.39 is 0 Å². The van der Waals surface area contributed by atoms with Gasteiger partial charge in [0.15, 0.2) is 5.78 Å². The van der Waals surface area contributed by atoms with Crippen LogP contribution in [0, 0.1) is 0 Å².